The van der Waals surface area contributed by atoms with Crippen LogP contribution in [-0.4, -0.2) is 18.2 Å². The van der Waals surface area contributed by atoms with Crippen molar-refractivity contribution in [2.45, 2.75) is 6.54 Å². The fraction of sp³-hybridized carbons (Fsp3) is 0.250. The Balaban J connectivity index is 2.14. The number of hydrogen-bond acceptors (Lipinski definition) is 5. The van der Waals surface area contributed by atoms with Crippen molar-refractivity contribution < 1.29 is 13.9 Å². The van der Waals surface area contributed by atoms with Crippen LogP contribution in [0.5, 0.6) is 11.5 Å². The summed E-state index contributed by atoms with van der Waals surface area (Å²) in [6, 6.07) is 5.68. The molecule has 88 valence electrons. The third kappa shape index (κ3) is 1.64. The molecule has 3 rings (SSSR count). The molecular weight excluding hydrogens is 220 g/mol. The number of nitrogens with two attached hydrogens (primary N) is 1. The molecule has 0 atom stereocenters. The summed E-state index contributed by atoms with van der Waals surface area (Å²) in [5, 5.41) is 0. The molecule has 0 fully saturated rings. The van der Waals surface area contributed by atoms with E-state index in [0.717, 1.165) is 11.3 Å². The fourth-order valence-corrected chi connectivity index (χ4v) is 1.89. The zero-order valence-corrected chi connectivity index (χ0v) is 9.18. The zero-order valence-electron chi connectivity index (χ0n) is 9.18. The third-order valence-electron chi connectivity index (χ3n) is 2.65. The Hall–Kier alpha value is -2.01. The van der Waals surface area contributed by atoms with Crippen molar-refractivity contribution in [3.8, 4) is 22.8 Å². The van der Waals surface area contributed by atoms with Crippen molar-refractivity contribution in [1.82, 2.24) is 4.98 Å². The summed E-state index contributed by atoms with van der Waals surface area (Å²) >= 11 is 0. The number of ether oxygens (including phenoxy) is 2. The van der Waals surface area contributed by atoms with Gasteiger partial charge in [0, 0.05) is 6.54 Å². The normalized spacial score (nSPS) is 13.7. The van der Waals surface area contributed by atoms with Gasteiger partial charge in [-0.05, 0) is 12.1 Å². The van der Waals surface area contributed by atoms with Crippen LogP contribution < -0.4 is 15.2 Å². The molecular formula is C12H12N2O3. The second-order valence-corrected chi connectivity index (χ2v) is 3.66. The van der Waals surface area contributed by atoms with E-state index in [1.807, 2.05) is 18.2 Å². The van der Waals surface area contributed by atoms with Gasteiger partial charge < -0.3 is 19.6 Å². The molecule has 2 N–H and O–H groups in total. The van der Waals surface area contributed by atoms with Crippen LogP contribution >= 0.6 is 0 Å². The first kappa shape index (κ1) is 10.2. The molecule has 0 bridgehead atoms. The van der Waals surface area contributed by atoms with E-state index in [0.29, 0.717) is 37.0 Å². The van der Waals surface area contributed by atoms with Crippen LogP contribution in [0.25, 0.3) is 11.3 Å². The molecule has 5 heteroatoms. The standard InChI is InChI=1S/C12H12N2O3/c13-6-9-11(17-7-14-9)8-2-1-3-10-12(8)16-5-4-15-10/h1-3,7H,4-6,13H2. The van der Waals surface area contributed by atoms with Crippen LogP contribution in [0.3, 0.4) is 0 Å². The van der Waals surface area contributed by atoms with Crippen molar-refractivity contribution in [3.63, 3.8) is 0 Å². The summed E-state index contributed by atoms with van der Waals surface area (Å²) in [6.45, 7) is 1.43. The van der Waals surface area contributed by atoms with Gasteiger partial charge in [0.15, 0.2) is 23.7 Å². The van der Waals surface area contributed by atoms with Gasteiger partial charge in [0.2, 0.25) is 0 Å². The number of rotatable bonds is 2. The molecule has 2 aromatic rings. The second-order valence-electron chi connectivity index (χ2n) is 3.66. The summed E-state index contributed by atoms with van der Waals surface area (Å²) < 4.78 is 16.5. The van der Waals surface area contributed by atoms with Crippen LogP contribution in [0.15, 0.2) is 29.0 Å². The minimum atomic E-state index is 0.330. The smallest absolute Gasteiger partial charge is 0.181 e. The minimum Gasteiger partial charge on any atom is -0.486 e. The first-order chi connectivity index (χ1) is 8.40. The van der Waals surface area contributed by atoms with Crippen LogP contribution in [-0.2, 0) is 6.54 Å². The molecule has 1 aromatic carbocycles. The van der Waals surface area contributed by atoms with E-state index < -0.39 is 0 Å². The molecule has 0 aliphatic carbocycles. The number of oxazole rings is 1. The van der Waals surface area contributed by atoms with Crippen LogP contribution in [0.4, 0.5) is 0 Å². The number of hydrogen-bond donors (Lipinski definition) is 1. The maximum atomic E-state index is 5.62. The van der Waals surface area contributed by atoms with Gasteiger partial charge in [-0.3, -0.25) is 0 Å². The summed E-state index contributed by atoms with van der Waals surface area (Å²) in [4.78, 5) is 4.07. The third-order valence-corrected chi connectivity index (χ3v) is 2.65. The summed E-state index contributed by atoms with van der Waals surface area (Å²) in [7, 11) is 0. The molecule has 0 saturated carbocycles. The van der Waals surface area contributed by atoms with E-state index in [-0.39, 0.29) is 0 Å². The van der Waals surface area contributed by atoms with Gasteiger partial charge in [-0.25, -0.2) is 4.98 Å². The number of nitrogens with zero attached hydrogens (tertiary/aromatic N) is 1. The zero-order chi connectivity index (χ0) is 11.7. The SMILES string of the molecule is NCc1ncoc1-c1cccc2c1OCCO2. The van der Waals surface area contributed by atoms with Crippen molar-refractivity contribution in [2.75, 3.05) is 13.2 Å². The maximum Gasteiger partial charge on any atom is 0.181 e. The summed E-state index contributed by atoms with van der Waals surface area (Å²) in [5.74, 6) is 2.08. The highest BCUT2D eigenvalue weighted by Crippen LogP contribution is 2.40. The van der Waals surface area contributed by atoms with Crippen molar-refractivity contribution in [2.24, 2.45) is 5.73 Å². The molecule has 1 aromatic heterocycles. The monoisotopic (exact) mass is 232 g/mol. The van der Waals surface area contributed by atoms with E-state index in [2.05, 4.69) is 4.98 Å². The highest BCUT2D eigenvalue weighted by Gasteiger charge is 2.20. The lowest BCUT2D eigenvalue weighted by Gasteiger charge is -2.20. The average Bonchev–Trinajstić information content (AvgIpc) is 2.86. The fourth-order valence-electron chi connectivity index (χ4n) is 1.89. The first-order valence-corrected chi connectivity index (χ1v) is 5.41. The molecule has 2 heterocycles. The van der Waals surface area contributed by atoms with Gasteiger partial charge in [0.1, 0.15) is 18.9 Å². The Morgan fingerprint density at radius 2 is 2.12 bits per heavy atom. The highest BCUT2D eigenvalue weighted by molar-refractivity contribution is 5.71. The molecule has 0 saturated heterocycles. The lowest BCUT2D eigenvalue weighted by atomic mass is 10.1. The first-order valence-electron chi connectivity index (χ1n) is 5.41. The number of benzene rings is 1. The molecule has 0 spiro atoms. The Bertz CT molecular complexity index is 536. The van der Waals surface area contributed by atoms with Crippen molar-refractivity contribution in [3.05, 3.63) is 30.3 Å². The lowest BCUT2D eigenvalue weighted by Crippen LogP contribution is -2.16. The summed E-state index contributed by atoms with van der Waals surface area (Å²) in [6.07, 6.45) is 1.39. The predicted molar refractivity (Wildman–Crippen MR) is 60.8 cm³/mol. The number of para-hydroxylation sites is 1. The Morgan fingerprint density at radius 3 is 3.00 bits per heavy atom. The van der Waals surface area contributed by atoms with Gasteiger partial charge in [-0.1, -0.05) is 6.07 Å². The molecule has 1 aliphatic heterocycles. The van der Waals surface area contributed by atoms with Crippen LogP contribution in [0.2, 0.25) is 0 Å². The quantitative estimate of drug-likeness (QED) is 0.851. The number of aromatic nitrogens is 1. The van der Waals surface area contributed by atoms with Gasteiger partial charge in [0.25, 0.3) is 0 Å². The largest absolute Gasteiger partial charge is 0.486 e. The van der Waals surface area contributed by atoms with E-state index in [1.54, 1.807) is 0 Å². The predicted octanol–water partition coefficient (Wildman–Crippen LogP) is 1.57. The average molecular weight is 232 g/mol. The van der Waals surface area contributed by atoms with E-state index in [9.17, 15) is 0 Å². The van der Waals surface area contributed by atoms with Gasteiger partial charge in [-0.15, -0.1) is 0 Å². The Kier molecular flexibility index (Phi) is 2.45. The van der Waals surface area contributed by atoms with Gasteiger partial charge in [0.05, 0.1) is 5.56 Å². The number of fused-ring (bicyclic) bond motifs is 1. The van der Waals surface area contributed by atoms with E-state index in [1.165, 1.54) is 6.39 Å². The van der Waals surface area contributed by atoms with Gasteiger partial charge >= 0.3 is 0 Å². The highest BCUT2D eigenvalue weighted by atomic mass is 16.6. The Morgan fingerprint density at radius 1 is 1.24 bits per heavy atom. The van der Waals surface area contributed by atoms with Gasteiger partial charge in [-0.2, -0.15) is 0 Å². The maximum absolute atomic E-state index is 5.62. The molecule has 1 aliphatic rings. The van der Waals surface area contributed by atoms with Crippen LogP contribution in [0, 0.1) is 0 Å². The topological polar surface area (TPSA) is 70.5 Å². The molecule has 0 unspecified atom stereocenters. The van der Waals surface area contributed by atoms with Crippen molar-refractivity contribution >= 4 is 0 Å². The molecule has 5 nitrogen and oxygen atoms in total. The van der Waals surface area contributed by atoms with Crippen molar-refractivity contribution in [1.29, 1.82) is 0 Å². The molecule has 0 radical (unpaired) electrons. The lowest BCUT2D eigenvalue weighted by molar-refractivity contribution is 0.172. The Labute approximate surface area is 98.2 Å². The van der Waals surface area contributed by atoms with E-state index >= 15 is 0 Å². The van der Waals surface area contributed by atoms with E-state index in [4.69, 9.17) is 19.6 Å². The second kappa shape index (κ2) is 4.10. The summed E-state index contributed by atoms with van der Waals surface area (Å²) in [5.41, 5.74) is 7.16. The minimum absolute atomic E-state index is 0.330. The van der Waals surface area contributed by atoms with Crippen LogP contribution in [0.1, 0.15) is 5.69 Å². The molecule has 0 amide bonds. The molecule has 17 heavy (non-hydrogen) atoms.